The number of hydrogen-bond acceptors (Lipinski definition) is 4. The summed E-state index contributed by atoms with van der Waals surface area (Å²) in [5, 5.41) is 0. The van der Waals surface area contributed by atoms with Gasteiger partial charge in [0, 0.05) is 13.1 Å². The Morgan fingerprint density at radius 3 is 2.67 bits per heavy atom. The second-order valence-electron chi connectivity index (χ2n) is 4.94. The highest BCUT2D eigenvalue weighted by Crippen LogP contribution is 2.32. The summed E-state index contributed by atoms with van der Waals surface area (Å²) in [5.74, 6) is 6.68. The zero-order valence-corrected chi connectivity index (χ0v) is 11.2. The molecule has 1 aliphatic rings. The molecule has 0 aromatic heterocycles. The Kier molecular flexibility index (Phi) is 4.44. The Hall–Kier alpha value is -1.26. The number of nitrogens with two attached hydrogens (primary N) is 1. The number of methoxy groups -OCH3 is 1. The summed E-state index contributed by atoms with van der Waals surface area (Å²) in [4.78, 5) is 7.13. The van der Waals surface area contributed by atoms with E-state index >= 15 is 0 Å². The summed E-state index contributed by atoms with van der Waals surface area (Å²) in [5.41, 5.74) is 2.46. The molecule has 1 aromatic rings. The average molecular weight is 250 g/mol. The van der Waals surface area contributed by atoms with E-state index in [-0.39, 0.29) is 0 Å². The Balaban J connectivity index is 2.06. The van der Waals surface area contributed by atoms with E-state index in [1.54, 1.807) is 7.11 Å². The van der Waals surface area contributed by atoms with Crippen LogP contribution in [-0.2, 0) is 4.84 Å². The van der Waals surface area contributed by atoms with Crippen molar-refractivity contribution in [3.63, 3.8) is 0 Å². The molecule has 18 heavy (non-hydrogen) atoms. The van der Waals surface area contributed by atoms with Crippen molar-refractivity contribution >= 4 is 5.69 Å². The molecule has 2 rings (SSSR count). The van der Waals surface area contributed by atoms with Crippen LogP contribution in [0, 0.1) is 12.8 Å². The predicted octanol–water partition coefficient (Wildman–Crippen LogP) is 2.11. The van der Waals surface area contributed by atoms with E-state index in [4.69, 9.17) is 15.5 Å². The van der Waals surface area contributed by atoms with Gasteiger partial charge in [-0.15, -0.1) is 0 Å². The summed E-state index contributed by atoms with van der Waals surface area (Å²) in [7, 11) is 1.73. The standard InChI is InChI=1S/C14H22N2O2/c1-11-3-4-14(17-2)13(9-11)16-7-5-12(6-8-16)10-18-15/h3-4,9,12H,5-8,10,15H2,1-2H3. The van der Waals surface area contributed by atoms with Crippen LogP contribution in [0.2, 0.25) is 0 Å². The van der Waals surface area contributed by atoms with Crippen molar-refractivity contribution in [1.29, 1.82) is 0 Å². The van der Waals surface area contributed by atoms with Crippen molar-refractivity contribution in [3.8, 4) is 5.75 Å². The summed E-state index contributed by atoms with van der Waals surface area (Å²) in [6, 6.07) is 6.32. The van der Waals surface area contributed by atoms with Gasteiger partial charge in [0.05, 0.1) is 19.4 Å². The molecule has 1 saturated heterocycles. The van der Waals surface area contributed by atoms with Gasteiger partial charge in [-0.1, -0.05) is 6.07 Å². The molecule has 4 heteroatoms. The quantitative estimate of drug-likeness (QED) is 0.831. The van der Waals surface area contributed by atoms with E-state index in [1.165, 1.54) is 11.3 Å². The highest BCUT2D eigenvalue weighted by Gasteiger charge is 2.21. The SMILES string of the molecule is COc1ccc(C)cc1N1CCC(CON)CC1. The second kappa shape index (κ2) is 6.07. The summed E-state index contributed by atoms with van der Waals surface area (Å²) >= 11 is 0. The third kappa shape index (κ3) is 2.94. The maximum atomic E-state index is 5.44. The fraction of sp³-hybridized carbons (Fsp3) is 0.571. The van der Waals surface area contributed by atoms with Crippen molar-refractivity contribution in [2.45, 2.75) is 19.8 Å². The molecule has 0 amide bonds. The van der Waals surface area contributed by atoms with Crippen LogP contribution in [0.4, 0.5) is 5.69 Å². The van der Waals surface area contributed by atoms with Crippen LogP contribution >= 0.6 is 0 Å². The van der Waals surface area contributed by atoms with Crippen LogP contribution in [0.15, 0.2) is 18.2 Å². The molecule has 1 heterocycles. The first-order chi connectivity index (χ1) is 8.74. The van der Waals surface area contributed by atoms with Crippen molar-refractivity contribution in [1.82, 2.24) is 0 Å². The van der Waals surface area contributed by atoms with Crippen molar-refractivity contribution in [3.05, 3.63) is 23.8 Å². The molecule has 2 N–H and O–H groups in total. The van der Waals surface area contributed by atoms with Crippen molar-refractivity contribution in [2.75, 3.05) is 31.7 Å². The van der Waals surface area contributed by atoms with E-state index in [0.717, 1.165) is 31.7 Å². The number of aryl methyl sites for hydroxylation is 1. The van der Waals surface area contributed by atoms with Gasteiger partial charge in [-0.05, 0) is 43.4 Å². The molecule has 1 aromatic carbocycles. The fourth-order valence-electron chi connectivity index (χ4n) is 2.52. The van der Waals surface area contributed by atoms with Gasteiger partial charge in [0.25, 0.3) is 0 Å². The lowest BCUT2D eigenvalue weighted by atomic mass is 9.97. The summed E-state index contributed by atoms with van der Waals surface area (Å²) in [6.07, 6.45) is 2.24. The van der Waals surface area contributed by atoms with E-state index < -0.39 is 0 Å². The molecule has 4 nitrogen and oxygen atoms in total. The second-order valence-corrected chi connectivity index (χ2v) is 4.94. The van der Waals surface area contributed by atoms with E-state index in [1.807, 2.05) is 6.07 Å². The molecule has 0 aliphatic carbocycles. The number of nitrogens with zero attached hydrogens (tertiary/aromatic N) is 1. The first-order valence-corrected chi connectivity index (χ1v) is 6.46. The van der Waals surface area contributed by atoms with Crippen LogP contribution in [0.25, 0.3) is 0 Å². The number of piperidine rings is 1. The van der Waals surface area contributed by atoms with Gasteiger partial charge < -0.3 is 14.5 Å². The molecule has 0 radical (unpaired) electrons. The molecule has 100 valence electrons. The maximum Gasteiger partial charge on any atom is 0.142 e. The van der Waals surface area contributed by atoms with Gasteiger partial charge in [0.15, 0.2) is 0 Å². The van der Waals surface area contributed by atoms with Crippen LogP contribution in [0.3, 0.4) is 0 Å². The zero-order valence-electron chi connectivity index (χ0n) is 11.2. The zero-order chi connectivity index (χ0) is 13.0. The smallest absolute Gasteiger partial charge is 0.142 e. The summed E-state index contributed by atoms with van der Waals surface area (Å²) < 4.78 is 5.44. The number of ether oxygens (including phenoxy) is 1. The largest absolute Gasteiger partial charge is 0.495 e. The Morgan fingerprint density at radius 1 is 1.33 bits per heavy atom. The van der Waals surface area contributed by atoms with Crippen LogP contribution in [0.1, 0.15) is 18.4 Å². The van der Waals surface area contributed by atoms with E-state index in [2.05, 4.69) is 24.0 Å². The summed E-state index contributed by atoms with van der Waals surface area (Å²) in [6.45, 7) is 4.85. The third-order valence-corrected chi connectivity index (χ3v) is 3.62. The monoisotopic (exact) mass is 250 g/mol. The van der Waals surface area contributed by atoms with Crippen LogP contribution in [0.5, 0.6) is 5.75 Å². The van der Waals surface area contributed by atoms with Gasteiger partial charge in [-0.3, -0.25) is 0 Å². The highest BCUT2D eigenvalue weighted by atomic mass is 16.6. The number of benzene rings is 1. The molecule has 0 atom stereocenters. The molecule has 0 unspecified atom stereocenters. The van der Waals surface area contributed by atoms with Crippen molar-refractivity contribution in [2.24, 2.45) is 11.8 Å². The minimum absolute atomic E-state index is 0.585. The van der Waals surface area contributed by atoms with Crippen LogP contribution in [-0.4, -0.2) is 26.8 Å². The van der Waals surface area contributed by atoms with E-state index in [0.29, 0.717) is 12.5 Å². The molecule has 0 spiro atoms. The molecule has 0 saturated carbocycles. The lowest BCUT2D eigenvalue weighted by Gasteiger charge is -2.34. The Labute approximate surface area is 109 Å². The first kappa shape index (κ1) is 13.2. The lowest BCUT2D eigenvalue weighted by Crippen LogP contribution is -2.35. The number of rotatable bonds is 4. The molecular formula is C14H22N2O2. The van der Waals surface area contributed by atoms with Crippen LogP contribution < -0.4 is 15.5 Å². The Bertz CT molecular complexity index is 387. The molecule has 1 aliphatic heterocycles. The van der Waals surface area contributed by atoms with Gasteiger partial charge >= 0.3 is 0 Å². The average Bonchev–Trinajstić information content (AvgIpc) is 2.40. The van der Waals surface area contributed by atoms with Gasteiger partial charge in [-0.25, -0.2) is 5.90 Å². The minimum atomic E-state index is 0.585. The number of anilines is 1. The topological polar surface area (TPSA) is 47.7 Å². The highest BCUT2D eigenvalue weighted by molar-refractivity contribution is 5.60. The predicted molar refractivity (Wildman–Crippen MR) is 72.8 cm³/mol. The normalized spacial score (nSPS) is 16.9. The van der Waals surface area contributed by atoms with Gasteiger partial charge in [0.2, 0.25) is 0 Å². The fourth-order valence-corrected chi connectivity index (χ4v) is 2.52. The maximum absolute atomic E-state index is 5.44. The minimum Gasteiger partial charge on any atom is -0.495 e. The Morgan fingerprint density at radius 2 is 2.06 bits per heavy atom. The van der Waals surface area contributed by atoms with Gasteiger partial charge in [-0.2, -0.15) is 0 Å². The van der Waals surface area contributed by atoms with Gasteiger partial charge in [0.1, 0.15) is 5.75 Å². The molecule has 1 fully saturated rings. The third-order valence-electron chi connectivity index (χ3n) is 3.62. The lowest BCUT2D eigenvalue weighted by molar-refractivity contribution is 0.0918. The number of hydrogen-bond donors (Lipinski definition) is 1. The van der Waals surface area contributed by atoms with Crippen molar-refractivity contribution < 1.29 is 9.57 Å². The molecular weight excluding hydrogens is 228 g/mol. The molecule has 0 bridgehead atoms. The van der Waals surface area contributed by atoms with E-state index in [9.17, 15) is 0 Å². The first-order valence-electron chi connectivity index (χ1n) is 6.46.